The lowest BCUT2D eigenvalue weighted by Gasteiger charge is -2.19. The van der Waals surface area contributed by atoms with Crippen molar-refractivity contribution in [3.05, 3.63) is 191 Å². The van der Waals surface area contributed by atoms with Gasteiger partial charge in [0.1, 0.15) is 0 Å². The van der Waals surface area contributed by atoms with Crippen molar-refractivity contribution in [1.82, 2.24) is 9.13 Å². The Balaban J connectivity index is 1.23. The van der Waals surface area contributed by atoms with Crippen LogP contribution in [0.3, 0.4) is 0 Å². The zero-order chi connectivity index (χ0) is 42.5. The fourth-order valence-electron chi connectivity index (χ4n) is 8.75. The van der Waals surface area contributed by atoms with Gasteiger partial charge in [-0.2, -0.15) is 31.6 Å². The van der Waals surface area contributed by atoms with Crippen LogP contribution in [-0.4, -0.2) is 9.13 Å². The lowest BCUT2D eigenvalue weighted by molar-refractivity contribution is 1.16. The van der Waals surface area contributed by atoms with Crippen molar-refractivity contribution >= 4 is 43.6 Å². The molecule has 10 rings (SSSR count). The Morgan fingerprint density at radius 1 is 0.290 bits per heavy atom. The lowest BCUT2D eigenvalue weighted by Crippen LogP contribution is -2.02. The minimum Gasteiger partial charge on any atom is -0.309 e. The van der Waals surface area contributed by atoms with Crippen LogP contribution in [0, 0.1) is 68.0 Å². The van der Waals surface area contributed by atoms with E-state index in [0.717, 1.165) is 88.4 Å². The zero-order valence-electron chi connectivity index (χ0n) is 32.6. The molecule has 2 heterocycles. The molecule has 0 saturated heterocycles. The van der Waals surface area contributed by atoms with Crippen LogP contribution < -0.4 is 0 Å². The molecule has 0 aliphatic rings. The van der Waals surface area contributed by atoms with Crippen molar-refractivity contribution < 1.29 is 0 Å². The number of hydrogen-bond acceptors (Lipinski definition) is 6. The molecule has 62 heavy (non-hydrogen) atoms. The third kappa shape index (κ3) is 5.71. The average Bonchev–Trinajstić information content (AvgIpc) is 3.85. The predicted octanol–water partition coefficient (Wildman–Crippen LogP) is 12.1. The van der Waals surface area contributed by atoms with Crippen molar-refractivity contribution in [1.29, 1.82) is 31.6 Å². The highest BCUT2D eigenvalue weighted by atomic mass is 15.0. The van der Waals surface area contributed by atoms with Gasteiger partial charge in [-0.1, -0.05) is 66.7 Å². The van der Waals surface area contributed by atoms with E-state index in [-0.39, 0.29) is 0 Å². The number of aromatic nitrogens is 2. The number of fused-ring (bicyclic) bond motifs is 6. The van der Waals surface area contributed by atoms with Crippen molar-refractivity contribution in [2.24, 2.45) is 0 Å². The number of nitrogens with zero attached hydrogens (tertiary/aromatic N) is 8. The van der Waals surface area contributed by atoms with Gasteiger partial charge in [0.15, 0.2) is 0 Å². The van der Waals surface area contributed by atoms with E-state index in [1.54, 1.807) is 30.3 Å². The molecule has 0 N–H and O–H groups in total. The van der Waals surface area contributed by atoms with Crippen LogP contribution in [0.15, 0.2) is 158 Å². The molecule has 8 heteroatoms. The fraction of sp³-hybridized carbons (Fsp3) is 0. The average molecular weight is 787 g/mol. The van der Waals surface area contributed by atoms with Gasteiger partial charge in [0.2, 0.25) is 0 Å². The van der Waals surface area contributed by atoms with Crippen LogP contribution in [0.1, 0.15) is 33.4 Å². The number of benzene rings is 8. The van der Waals surface area contributed by atoms with Crippen LogP contribution >= 0.6 is 0 Å². The molecule has 0 radical (unpaired) electrons. The van der Waals surface area contributed by atoms with Gasteiger partial charge >= 0.3 is 0 Å². The maximum absolute atomic E-state index is 10.3. The summed E-state index contributed by atoms with van der Waals surface area (Å²) in [6.45, 7) is 0. The van der Waals surface area contributed by atoms with E-state index < -0.39 is 0 Å². The fourth-order valence-corrected chi connectivity index (χ4v) is 8.75. The summed E-state index contributed by atoms with van der Waals surface area (Å²) in [4.78, 5) is 0. The van der Waals surface area contributed by atoms with Gasteiger partial charge in [0, 0.05) is 32.7 Å². The Hall–Kier alpha value is -9.70. The maximum atomic E-state index is 10.3. The molecule has 0 fully saturated rings. The van der Waals surface area contributed by atoms with E-state index in [2.05, 4.69) is 75.9 Å². The molecule has 10 aromatic rings. The Kier molecular flexibility index (Phi) is 8.62. The van der Waals surface area contributed by atoms with E-state index in [1.807, 2.05) is 97.1 Å². The molecule has 0 unspecified atom stereocenters. The van der Waals surface area contributed by atoms with Gasteiger partial charge < -0.3 is 9.13 Å². The molecule has 0 aliphatic heterocycles. The Labute approximate surface area is 355 Å². The topological polar surface area (TPSA) is 153 Å². The van der Waals surface area contributed by atoms with Crippen LogP contribution in [0.2, 0.25) is 0 Å². The quantitative estimate of drug-likeness (QED) is 0.169. The van der Waals surface area contributed by atoms with Crippen molar-refractivity contribution in [3.8, 4) is 81.2 Å². The molecule has 2 aromatic heterocycles. The Morgan fingerprint density at radius 2 is 0.710 bits per heavy atom. The smallest absolute Gasteiger partial charge is 0.0998 e. The van der Waals surface area contributed by atoms with E-state index in [4.69, 9.17) is 0 Å². The van der Waals surface area contributed by atoms with Crippen molar-refractivity contribution in [2.45, 2.75) is 0 Å². The second-order valence-corrected chi connectivity index (χ2v) is 14.8. The summed E-state index contributed by atoms with van der Waals surface area (Å²) in [5, 5.41) is 63.5. The zero-order valence-corrected chi connectivity index (χ0v) is 32.6. The molecule has 8 nitrogen and oxygen atoms in total. The summed E-state index contributed by atoms with van der Waals surface area (Å²) in [6.07, 6.45) is 0. The number of para-hydroxylation sites is 2. The summed E-state index contributed by atoms with van der Waals surface area (Å²) in [6, 6.07) is 63.4. The summed E-state index contributed by atoms with van der Waals surface area (Å²) in [5.41, 5.74) is 12.4. The van der Waals surface area contributed by atoms with E-state index in [9.17, 15) is 31.6 Å². The molecule has 0 aliphatic carbocycles. The number of nitriles is 6. The minimum absolute atomic E-state index is 0.406. The lowest BCUT2D eigenvalue weighted by atomic mass is 9.96. The Bertz CT molecular complexity index is 3840. The summed E-state index contributed by atoms with van der Waals surface area (Å²) in [7, 11) is 0. The van der Waals surface area contributed by atoms with Crippen LogP contribution in [0.25, 0.3) is 88.4 Å². The number of hydrogen-bond donors (Lipinski definition) is 0. The Morgan fingerprint density at radius 3 is 1.21 bits per heavy atom. The first kappa shape index (κ1) is 36.6. The van der Waals surface area contributed by atoms with Crippen LogP contribution in [-0.2, 0) is 0 Å². The molecule has 0 amide bonds. The minimum atomic E-state index is 0.406. The summed E-state index contributed by atoms with van der Waals surface area (Å²) >= 11 is 0. The van der Waals surface area contributed by atoms with Gasteiger partial charge in [0.05, 0.1) is 103 Å². The van der Waals surface area contributed by atoms with Gasteiger partial charge in [-0.15, -0.1) is 0 Å². The van der Waals surface area contributed by atoms with Gasteiger partial charge in [0.25, 0.3) is 0 Å². The highest BCUT2D eigenvalue weighted by Gasteiger charge is 2.22. The second-order valence-electron chi connectivity index (χ2n) is 14.8. The first-order valence-electron chi connectivity index (χ1n) is 19.5. The molecular formula is C54H26N8. The van der Waals surface area contributed by atoms with E-state index in [0.29, 0.717) is 33.4 Å². The van der Waals surface area contributed by atoms with Gasteiger partial charge in [-0.05, 0) is 113 Å². The van der Waals surface area contributed by atoms with Crippen LogP contribution in [0.5, 0.6) is 0 Å². The summed E-state index contributed by atoms with van der Waals surface area (Å²) < 4.78 is 4.35. The highest BCUT2D eigenvalue weighted by Crippen LogP contribution is 2.43. The normalized spacial score (nSPS) is 10.8. The maximum Gasteiger partial charge on any atom is 0.0998 e. The predicted molar refractivity (Wildman–Crippen MR) is 240 cm³/mol. The monoisotopic (exact) mass is 786 g/mol. The van der Waals surface area contributed by atoms with Crippen molar-refractivity contribution in [2.75, 3.05) is 0 Å². The summed E-state index contributed by atoms with van der Waals surface area (Å²) in [5.74, 6) is 0. The third-order valence-electron chi connectivity index (χ3n) is 11.5. The first-order valence-corrected chi connectivity index (χ1v) is 19.5. The highest BCUT2D eigenvalue weighted by molar-refractivity contribution is 6.13. The standard InChI is InChI=1S/C54H26N8/c55-27-33-9-15-41(39(21-33)31-59)37-13-19-52-47(25-37)43-5-1-3-7-49(43)61(52)51-18-12-35(29-57)23-46(51)45-17-11-36(30-58)24-54(45)62-50-8-4-2-6-44(50)48-26-38(14-20-53(48)62)42-16-10-34(28-56)22-40(42)32-60/h1-26H. The molecule has 282 valence electrons. The van der Waals surface area contributed by atoms with Crippen molar-refractivity contribution in [3.63, 3.8) is 0 Å². The van der Waals surface area contributed by atoms with Crippen LogP contribution in [0.4, 0.5) is 0 Å². The van der Waals surface area contributed by atoms with Gasteiger partial charge in [-0.25, -0.2) is 0 Å². The molecular weight excluding hydrogens is 761 g/mol. The van der Waals surface area contributed by atoms with E-state index in [1.165, 1.54) is 0 Å². The largest absolute Gasteiger partial charge is 0.309 e. The van der Waals surface area contributed by atoms with Gasteiger partial charge in [-0.3, -0.25) is 0 Å². The molecule has 8 aromatic carbocycles. The molecule has 0 saturated carbocycles. The SMILES string of the molecule is N#Cc1ccc(-c2ccc3c(c2)c2ccccc2n3-c2ccc(C#N)cc2-c2ccc(C#N)cc2-n2c3ccccc3c3cc(-c4ccc(C#N)cc4C#N)ccc32)c(C#N)c1. The van der Waals surface area contributed by atoms with E-state index >= 15 is 0 Å². The molecule has 0 bridgehead atoms. The molecule has 0 spiro atoms. The second kappa shape index (κ2) is 14.6. The number of rotatable bonds is 5. The third-order valence-corrected chi connectivity index (χ3v) is 11.5. The first-order chi connectivity index (χ1) is 30.5. The molecule has 0 atom stereocenters.